The van der Waals surface area contributed by atoms with E-state index in [0.717, 1.165) is 0 Å². The Morgan fingerprint density at radius 2 is 2.54 bits per heavy atom. The van der Waals surface area contributed by atoms with Gasteiger partial charge in [0.2, 0.25) is 0 Å². The van der Waals surface area contributed by atoms with Gasteiger partial charge in [-0.05, 0) is 0 Å². The van der Waals surface area contributed by atoms with Crippen molar-refractivity contribution in [2.75, 3.05) is 5.32 Å². The molecule has 0 aromatic carbocycles. The van der Waals surface area contributed by atoms with E-state index in [9.17, 15) is 0 Å². The Morgan fingerprint density at radius 3 is 3.08 bits per heavy atom. The molecule has 0 aliphatic carbocycles. The summed E-state index contributed by atoms with van der Waals surface area (Å²) in [7, 11) is 0. The van der Waals surface area contributed by atoms with E-state index >= 15 is 0 Å². The number of alkyl halides is 1. The molecule has 0 bridgehead atoms. The summed E-state index contributed by atoms with van der Waals surface area (Å²) < 4.78 is 4.67. The monoisotopic (exact) mass is 201 g/mol. The summed E-state index contributed by atoms with van der Waals surface area (Å²) in [5.74, 6) is 0.000317. The highest BCUT2D eigenvalue weighted by Gasteiger charge is 2.12. The molecule has 1 aromatic heterocycles. The Hall–Kier alpha value is -1.56. The first-order valence-corrected chi connectivity index (χ1v) is 3.78. The number of nitrogens with one attached hydrogen (secondary N) is 2. The van der Waals surface area contributed by atoms with Gasteiger partial charge in [0.1, 0.15) is 5.38 Å². The Labute approximate surface area is 79.3 Å². The first-order chi connectivity index (χ1) is 6.13. The van der Waals surface area contributed by atoms with E-state index in [1.54, 1.807) is 0 Å². The molecule has 0 saturated heterocycles. The third kappa shape index (κ3) is 2.45. The average Bonchev–Trinajstić information content (AvgIpc) is 2.50. The number of hydrogen-bond donors (Lipinski definition) is 3. The van der Waals surface area contributed by atoms with Gasteiger partial charge >= 0.3 is 6.01 Å². The maximum atomic E-state index is 6.88. The Kier molecular flexibility index (Phi) is 2.86. The van der Waals surface area contributed by atoms with Gasteiger partial charge in [-0.3, -0.25) is 10.7 Å². The number of anilines is 1. The van der Waals surface area contributed by atoms with Crippen molar-refractivity contribution >= 4 is 23.6 Å². The summed E-state index contributed by atoms with van der Waals surface area (Å²) in [6, 6.07) is 0.0370. The Bertz CT molecular complexity index is 323. The molecule has 0 aliphatic heterocycles. The van der Waals surface area contributed by atoms with Crippen LogP contribution in [0.25, 0.3) is 0 Å². The van der Waals surface area contributed by atoms with Crippen LogP contribution in [0.5, 0.6) is 0 Å². The SMILES string of the molecule is C=CC(Cl)c1noc(NC(=N)N)n1. The van der Waals surface area contributed by atoms with Crippen LogP contribution in [-0.2, 0) is 0 Å². The standard InChI is InChI=1S/C6H8ClN5O/c1-2-3(7)4-10-6(13-12-4)11-5(8)9/h2-3H,1H2,(H4,8,9,10,11,12). The van der Waals surface area contributed by atoms with E-state index in [1.807, 2.05) is 0 Å². The maximum absolute atomic E-state index is 6.88. The number of allylic oxidation sites excluding steroid dienone is 1. The van der Waals surface area contributed by atoms with Gasteiger partial charge in [-0.2, -0.15) is 4.98 Å². The lowest BCUT2D eigenvalue weighted by atomic mass is 10.4. The van der Waals surface area contributed by atoms with Crippen LogP contribution in [0.1, 0.15) is 11.2 Å². The van der Waals surface area contributed by atoms with Gasteiger partial charge < -0.3 is 10.3 Å². The van der Waals surface area contributed by atoms with Crippen molar-refractivity contribution in [1.82, 2.24) is 10.1 Å². The highest BCUT2D eigenvalue weighted by atomic mass is 35.5. The highest BCUT2D eigenvalue weighted by Crippen LogP contribution is 2.18. The lowest BCUT2D eigenvalue weighted by Gasteiger charge is -1.94. The van der Waals surface area contributed by atoms with E-state index < -0.39 is 5.38 Å². The minimum absolute atomic E-state index is 0.0370. The Balaban J connectivity index is 2.74. The zero-order valence-corrected chi connectivity index (χ0v) is 7.38. The maximum Gasteiger partial charge on any atom is 0.328 e. The predicted molar refractivity (Wildman–Crippen MR) is 48.6 cm³/mol. The number of nitrogens with two attached hydrogens (primary N) is 1. The fraction of sp³-hybridized carbons (Fsp3) is 0.167. The molecule has 13 heavy (non-hydrogen) atoms. The molecule has 1 aromatic rings. The number of hydrogen-bond acceptors (Lipinski definition) is 4. The van der Waals surface area contributed by atoms with Crippen molar-refractivity contribution in [2.45, 2.75) is 5.38 Å². The van der Waals surface area contributed by atoms with Gasteiger partial charge in [-0.1, -0.05) is 11.2 Å². The zero-order valence-electron chi connectivity index (χ0n) is 6.62. The summed E-state index contributed by atoms with van der Waals surface area (Å²) in [5, 5.41) is 12.2. The third-order valence-electron chi connectivity index (χ3n) is 1.14. The Morgan fingerprint density at radius 1 is 1.85 bits per heavy atom. The largest absolute Gasteiger partial charge is 0.370 e. The van der Waals surface area contributed by atoms with Crippen molar-refractivity contribution in [3.05, 3.63) is 18.5 Å². The van der Waals surface area contributed by atoms with Crippen LogP contribution in [0.4, 0.5) is 6.01 Å². The van der Waals surface area contributed by atoms with E-state index in [1.165, 1.54) is 6.08 Å². The topological polar surface area (TPSA) is 101 Å². The van der Waals surface area contributed by atoms with E-state index in [4.69, 9.17) is 22.7 Å². The molecule has 1 atom stereocenters. The smallest absolute Gasteiger partial charge is 0.328 e. The number of halogens is 1. The molecule has 1 unspecified atom stereocenters. The van der Waals surface area contributed by atoms with Crippen LogP contribution in [0.15, 0.2) is 17.2 Å². The number of guanidine groups is 1. The van der Waals surface area contributed by atoms with Crippen LogP contribution in [0, 0.1) is 5.41 Å². The van der Waals surface area contributed by atoms with Crippen LogP contribution in [0.2, 0.25) is 0 Å². The quantitative estimate of drug-likeness (QED) is 0.291. The molecule has 0 spiro atoms. The van der Waals surface area contributed by atoms with Crippen LogP contribution < -0.4 is 11.1 Å². The van der Waals surface area contributed by atoms with E-state index in [2.05, 4.69) is 26.6 Å². The number of rotatable bonds is 3. The molecular weight excluding hydrogens is 194 g/mol. The van der Waals surface area contributed by atoms with Crippen molar-refractivity contribution in [3.63, 3.8) is 0 Å². The number of nitrogens with zero attached hydrogens (tertiary/aromatic N) is 2. The van der Waals surface area contributed by atoms with Gasteiger partial charge in [0.15, 0.2) is 11.8 Å². The summed E-state index contributed by atoms with van der Waals surface area (Å²) in [4.78, 5) is 3.81. The molecule has 0 radical (unpaired) electrons. The second kappa shape index (κ2) is 3.90. The summed E-state index contributed by atoms with van der Waals surface area (Å²) in [6.07, 6.45) is 1.46. The second-order valence-electron chi connectivity index (χ2n) is 2.13. The third-order valence-corrected chi connectivity index (χ3v) is 1.51. The van der Waals surface area contributed by atoms with Crippen molar-refractivity contribution < 1.29 is 4.52 Å². The van der Waals surface area contributed by atoms with E-state index in [0.29, 0.717) is 0 Å². The van der Waals surface area contributed by atoms with Gasteiger partial charge in [-0.15, -0.1) is 18.2 Å². The molecule has 1 rings (SSSR count). The van der Waals surface area contributed by atoms with Crippen LogP contribution in [0.3, 0.4) is 0 Å². The second-order valence-corrected chi connectivity index (χ2v) is 2.60. The van der Waals surface area contributed by atoms with Crippen molar-refractivity contribution in [3.8, 4) is 0 Å². The minimum atomic E-state index is -0.508. The van der Waals surface area contributed by atoms with Gasteiger partial charge in [0.25, 0.3) is 0 Å². The van der Waals surface area contributed by atoms with E-state index in [-0.39, 0.29) is 17.8 Å². The van der Waals surface area contributed by atoms with Crippen LogP contribution >= 0.6 is 11.6 Å². The normalized spacial score (nSPS) is 12.1. The fourth-order valence-electron chi connectivity index (χ4n) is 0.618. The molecule has 6 nitrogen and oxygen atoms in total. The molecule has 7 heteroatoms. The lowest BCUT2D eigenvalue weighted by Crippen LogP contribution is -2.20. The van der Waals surface area contributed by atoms with Gasteiger partial charge in [-0.25, -0.2) is 0 Å². The minimum Gasteiger partial charge on any atom is -0.370 e. The van der Waals surface area contributed by atoms with Crippen molar-refractivity contribution in [2.24, 2.45) is 5.73 Å². The summed E-state index contributed by atoms with van der Waals surface area (Å²) in [6.45, 7) is 3.47. The summed E-state index contributed by atoms with van der Waals surface area (Å²) in [5.41, 5.74) is 5.03. The first-order valence-electron chi connectivity index (χ1n) is 3.34. The van der Waals surface area contributed by atoms with Gasteiger partial charge in [0, 0.05) is 0 Å². The molecule has 4 N–H and O–H groups in total. The molecular formula is C6H8ClN5O. The highest BCUT2D eigenvalue weighted by molar-refractivity contribution is 6.21. The lowest BCUT2D eigenvalue weighted by molar-refractivity contribution is 0.427. The predicted octanol–water partition coefficient (Wildman–Crippen LogP) is 0.841. The molecule has 1 heterocycles. The molecule has 0 amide bonds. The fourth-order valence-corrected chi connectivity index (χ4v) is 0.707. The van der Waals surface area contributed by atoms with Crippen molar-refractivity contribution in [1.29, 1.82) is 5.41 Å². The van der Waals surface area contributed by atoms with Gasteiger partial charge in [0.05, 0.1) is 0 Å². The first kappa shape index (κ1) is 9.53. The average molecular weight is 202 g/mol. The molecule has 70 valence electrons. The molecule has 0 aliphatic rings. The zero-order chi connectivity index (χ0) is 9.84. The number of aromatic nitrogens is 2. The molecule has 0 fully saturated rings. The molecule has 0 saturated carbocycles. The van der Waals surface area contributed by atoms with Crippen LogP contribution in [-0.4, -0.2) is 16.1 Å². The summed E-state index contributed by atoms with van der Waals surface area (Å²) >= 11 is 5.72.